The molecule has 1 heterocycles. The maximum Gasteiger partial charge on any atom is 0.236 e. The fourth-order valence-electron chi connectivity index (χ4n) is 1.88. The van der Waals surface area contributed by atoms with Crippen molar-refractivity contribution in [2.24, 2.45) is 5.92 Å². The lowest BCUT2D eigenvalue weighted by molar-refractivity contribution is -0.133. The van der Waals surface area contributed by atoms with Crippen molar-refractivity contribution in [1.82, 2.24) is 15.1 Å². The average Bonchev–Trinajstić information content (AvgIpc) is 2.28. The van der Waals surface area contributed by atoms with Crippen molar-refractivity contribution < 1.29 is 4.79 Å². The summed E-state index contributed by atoms with van der Waals surface area (Å²) in [6, 6.07) is 0.451. The summed E-state index contributed by atoms with van der Waals surface area (Å²) in [6.45, 7) is 10.7. The topological polar surface area (TPSA) is 35.6 Å². The lowest BCUT2D eigenvalue weighted by atomic mass is 10.1. The van der Waals surface area contributed by atoms with E-state index in [2.05, 4.69) is 31.0 Å². The third-order valence-electron chi connectivity index (χ3n) is 3.51. The molecule has 1 unspecified atom stereocenters. The van der Waals surface area contributed by atoms with Crippen LogP contribution in [0.25, 0.3) is 0 Å². The largest absolute Gasteiger partial charge is 0.339 e. The molecule has 1 atom stereocenters. The molecule has 4 heteroatoms. The highest BCUT2D eigenvalue weighted by atomic mass is 16.2. The van der Waals surface area contributed by atoms with Crippen LogP contribution in [0.15, 0.2) is 0 Å². The van der Waals surface area contributed by atoms with Gasteiger partial charge in [0, 0.05) is 32.2 Å². The molecule has 16 heavy (non-hydrogen) atoms. The van der Waals surface area contributed by atoms with Gasteiger partial charge in [-0.2, -0.15) is 0 Å². The normalized spacial score (nSPS) is 19.2. The van der Waals surface area contributed by atoms with Crippen LogP contribution in [0.1, 0.15) is 20.8 Å². The Morgan fingerprint density at radius 2 is 1.88 bits per heavy atom. The number of amides is 1. The van der Waals surface area contributed by atoms with E-state index in [4.69, 9.17) is 0 Å². The van der Waals surface area contributed by atoms with Crippen LogP contribution in [0, 0.1) is 5.92 Å². The van der Waals surface area contributed by atoms with E-state index in [1.807, 2.05) is 11.9 Å². The molecule has 0 aromatic heterocycles. The number of hydrogen-bond donors (Lipinski definition) is 1. The SMILES string of the molecule is CC(C)C(C)N(C)CC(=O)N1CCNCC1. The summed E-state index contributed by atoms with van der Waals surface area (Å²) in [4.78, 5) is 16.1. The van der Waals surface area contributed by atoms with E-state index in [0.717, 1.165) is 26.2 Å². The summed E-state index contributed by atoms with van der Waals surface area (Å²) in [6.07, 6.45) is 0. The number of nitrogens with one attached hydrogen (secondary N) is 1. The van der Waals surface area contributed by atoms with Crippen LogP contribution in [-0.4, -0.2) is 61.5 Å². The molecule has 0 bridgehead atoms. The van der Waals surface area contributed by atoms with E-state index in [0.29, 0.717) is 18.5 Å². The Morgan fingerprint density at radius 1 is 1.31 bits per heavy atom. The minimum absolute atomic E-state index is 0.261. The Hall–Kier alpha value is -0.610. The third-order valence-corrected chi connectivity index (χ3v) is 3.51. The van der Waals surface area contributed by atoms with Crippen molar-refractivity contribution in [2.45, 2.75) is 26.8 Å². The van der Waals surface area contributed by atoms with Crippen molar-refractivity contribution in [2.75, 3.05) is 39.8 Å². The van der Waals surface area contributed by atoms with Gasteiger partial charge in [-0.3, -0.25) is 9.69 Å². The lowest BCUT2D eigenvalue weighted by Crippen LogP contribution is -2.50. The molecule has 0 aromatic carbocycles. The van der Waals surface area contributed by atoms with Crippen LogP contribution in [0.2, 0.25) is 0 Å². The Labute approximate surface area is 99.0 Å². The number of rotatable bonds is 4. The molecule has 1 rings (SSSR count). The Balaban J connectivity index is 2.37. The van der Waals surface area contributed by atoms with Gasteiger partial charge in [0.2, 0.25) is 5.91 Å². The van der Waals surface area contributed by atoms with Crippen LogP contribution in [-0.2, 0) is 4.79 Å². The van der Waals surface area contributed by atoms with Crippen molar-refractivity contribution in [3.8, 4) is 0 Å². The van der Waals surface area contributed by atoms with Gasteiger partial charge in [-0.15, -0.1) is 0 Å². The summed E-state index contributed by atoms with van der Waals surface area (Å²) < 4.78 is 0. The second-order valence-corrected chi connectivity index (χ2v) is 5.03. The van der Waals surface area contributed by atoms with E-state index in [1.54, 1.807) is 0 Å². The van der Waals surface area contributed by atoms with Gasteiger partial charge in [-0.05, 0) is 19.9 Å². The molecular formula is C12H25N3O. The maximum atomic E-state index is 12.0. The summed E-state index contributed by atoms with van der Waals surface area (Å²) >= 11 is 0. The quantitative estimate of drug-likeness (QED) is 0.755. The molecule has 0 spiro atoms. The molecule has 4 nitrogen and oxygen atoms in total. The minimum atomic E-state index is 0.261. The number of carbonyl (C=O) groups is 1. The number of likely N-dealkylation sites (N-methyl/N-ethyl adjacent to an activating group) is 1. The molecule has 1 fully saturated rings. The van der Waals surface area contributed by atoms with Crippen LogP contribution in [0.4, 0.5) is 0 Å². The smallest absolute Gasteiger partial charge is 0.236 e. The van der Waals surface area contributed by atoms with Gasteiger partial charge in [0.15, 0.2) is 0 Å². The summed E-state index contributed by atoms with van der Waals surface area (Å²) in [5, 5.41) is 3.26. The van der Waals surface area contributed by atoms with Crippen LogP contribution >= 0.6 is 0 Å². The predicted molar refractivity (Wildman–Crippen MR) is 66.4 cm³/mol. The summed E-state index contributed by atoms with van der Waals surface area (Å²) in [7, 11) is 2.03. The highest BCUT2D eigenvalue weighted by Gasteiger charge is 2.20. The standard InChI is InChI=1S/C12H25N3O/c1-10(2)11(3)14(4)9-12(16)15-7-5-13-6-8-15/h10-11,13H,5-9H2,1-4H3. The monoisotopic (exact) mass is 227 g/mol. The van der Waals surface area contributed by atoms with Crippen LogP contribution in [0.5, 0.6) is 0 Å². The van der Waals surface area contributed by atoms with E-state index in [1.165, 1.54) is 0 Å². The summed E-state index contributed by atoms with van der Waals surface area (Å²) in [5.74, 6) is 0.845. The van der Waals surface area contributed by atoms with Gasteiger partial charge < -0.3 is 10.2 Å². The van der Waals surface area contributed by atoms with Crippen molar-refractivity contribution in [1.29, 1.82) is 0 Å². The first-order chi connectivity index (χ1) is 7.52. The molecule has 1 saturated heterocycles. The zero-order valence-electron chi connectivity index (χ0n) is 11.0. The van der Waals surface area contributed by atoms with Gasteiger partial charge in [0.1, 0.15) is 0 Å². The van der Waals surface area contributed by atoms with Gasteiger partial charge >= 0.3 is 0 Å². The molecule has 0 radical (unpaired) electrons. The number of piperazine rings is 1. The molecule has 0 saturated carbocycles. The van der Waals surface area contributed by atoms with E-state index in [-0.39, 0.29) is 5.91 Å². The van der Waals surface area contributed by atoms with Crippen molar-refractivity contribution >= 4 is 5.91 Å². The molecule has 1 aliphatic heterocycles. The molecule has 1 amide bonds. The van der Waals surface area contributed by atoms with Crippen LogP contribution in [0.3, 0.4) is 0 Å². The van der Waals surface area contributed by atoms with E-state index in [9.17, 15) is 4.79 Å². The molecule has 0 aliphatic carbocycles. The van der Waals surface area contributed by atoms with Gasteiger partial charge in [0.25, 0.3) is 0 Å². The van der Waals surface area contributed by atoms with Gasteiger partial charge in [-0.1, -0.05) is 13.8 Å². The first-order valence-corrected chi connectivity index (χ1v) is 6.21. The highest BCUT2D eigenvalue weighted by molar-refractivity contribution is 5.78. The van der Waals surface area contributed by atoms with Crippen molar-refractivity contribution in [3.05, 3.63) is 0 Å². The fraction of sp³-hybridized carbons (Fsp3) is 0.917. The molecule has 0 aromatic rings. The zero-order chi connectivity index (χ0) is 12.1. The second kappa shape index (κ2) is 6.21. The number of nitrogens with zero attached hydrogens (tertiary/aromatic N) is 2. The second-order valence-electron chi connectivity index (χ2n) is 5.03. The van der Waals surface area contributed by atoms with Crippen molar-refractivity contribution in [3.63, 3.8) is 0 Å². The zero-order valence-corrected chi connectivity index (χ0v) is 11.0. The molecule has 94 valence electrons. The molecule has 1 aliphatic rings. The molecular weight excluding hydrogens is 202 g/mol. The summed E-state index contributed by atoms with van der Waals surface area (Å²) in [5.41, 5.74) is 0. The first-order valence-electron chi connectivity index (χ1n) is 6.21. The van der Waals surface area contributed by atoms with Gasteiger partial charge in [-0.25, -0.2) is 0 Å². The molecule has 1 N–H and O–H groups in total. The number of carbonyl (C=O) groups excluding carboxylic acids is 1. The highest BCUT2D eigenvalue weighted by Crippen LogP contribution is 2.08. The van der Waals surface area contributed by atoms with Gasteiger partial charge in [0.05, 0.1) is 6.54 Å². The Kier molecular flexibility index (Phi) is 5.22. The Bertz CT molecular complexity index is 224. The fourth-order valence-corrected chi connectivity index (χ4v) is 1.88. The van der Waals surface area contributed by atoms with E-state index >= 15 is 0 Å². The average molecular weight is 227 g/mol. The maximum absolute atomic E-state index is 12.0. The third kappa shape index (κ3) is 3.76. The first kappa shape index (κ1) is 13.5. The minimum Gasteiger partial charge on any atom is -0.339 e. The number of hydrogen-bond acceptors (Lipinski definition) is 3. The van der Waals surface area contributed by atoms with E-state index < -0.39 is 0 Å². The predicted octanol–water partition coefficient (Wildman–Crippen LogP) is 0.395. The van der Waals surface area contributed by atoms with Crippen LogP contribution < -0.4 is 5.32 Å². The Morgan fingerprint density at radius 3 is 2.38 bits per heavy atom. The lowest BCUT2D eigenvalue weighted by Gasteiger charge is -2.32.